The van der Waals surface area contributed by atoms with E-state index in [9.17, 15) is 24.6 Å². The van der Waals surface area contributed by atoms with Gasteiger partial charge in [0.25, 0.3) is 17.7 Å². The van der Waals surface area contributed by atoms with Gasteiger partial charge in [0, 0.05) is 44.6 Å². The molecule has 0 radical (unpaired) electrons. The molecule has 0 aliphatic carbocycles. The lowest BCUT2D eigenvalue weighted by Gasteiger charge is -2.49. The van der Waals surface area contributed by atoms with Crippen molar-refractivity contribution in [3.05, 3.63) is 47.2 Å². The Morgan fingerprint density at radius 2 is 1.89 bits per heavy atom. The number of aldehydes is 1. The largest absolute Gasteiger partial charge is 0.394 e. The first-order valence-electron chi connectivity index (χ1n) is 11.6. The molecule has 3 unspecified atom stereocenters. The molecule has 11 heteroatoms. The van der Waals surface area contributed by atoms with Crippen LogP contribution in [0.1, 0.15) is 53.3 Å². The molecule has 0 saturated carbocycles. The van der Waals surface area contributed by atoms with Crippen molar-refractivity contribution in [2.24, 2.45) is 0 Å². The Balaban J connectivity index is 0.00000316. The molecule has 1 aromatic carbocycles. The summed E-state index contributed by atoms with van der Waals surface area (Å²) in [5, 5.41) is 25.1. The van der Waals surface area contributed by atoms with Gasteiger partial charge in [-0.1, -0.05) is 31.0 Å². The normalized spacial score (nSPS) is 20.9. The number of unbranched alkanes of at least 4 members (excludes halogenated alkanes) is 3. The van der Waals surface area contributed by atoms with E-state index in [0.717, 1.165) is 19.3 Å². The summed E-state index contributed by atoms with van der Waals surface area (Å²) in [6, 6.07) is 6.72. The van der Waals surface area contributed by atoms with Gasteiger partial charge in [0.2, 0.25) is 0 Å². The second-order valence-corrected chi connectivity index (χ2v) is 8.24. The number of rotatable bonds is 14. The predicted octanol–water partition coefficient (Wildman–Crippen LogP) is 0.608. The van der Waals surface area contributed by atoms with Crippen molar-refractivity contribution in [2.45, 2.75) is 50.7 Å². The first-order valence-corrected chi connectivity index (χ1v) is 11.6. The van der Waals surface area contributed by atoms with Crippen molar-refractivity contribution in [3.63, 3.8) is 0 Å². The average molecular weight is 508 g/mol. The number of ether oxygens (including phenoxy) is 2. The number of aliphatic hydroxyl groups excluding tert-OH is 1. The third kappa shape index (κ3) is 8.52. The summed E-state index contributed by atoms with van der Waals surface area (Å²) < 4.78 is 10.9. The van der Waals surface area contributed by atoms with E-state index in [2.05, 4.69) is 10.6 Å². The zero-order valence-corrected chi connectivity index (χ0v) is 21.1. The number of carbonyl (C=O) groups is 4. The van der Waals surface area contributed by atoms with Crippen LogP contribution < -0.4 is 10.6 Å². The maximum absolute atomic E-state index is 12.5. The van der Waals surface area contributed by atoms with Crippen LogP contribution in [0.3, 0.4) is 0 Å². The number of aliphatic hydroxyl groups is 2. The lowest BCUT2D eigenvalue weighted by atomic mass is 10.0. The molecule has 4 N–H and O–H groups in total. The fourth-order valence-corrected chi connectivity index (χ4v) is 3.65. The van der Waals surface area contributed by atoms with Crippen LogP contribution in [0.15, 0.2) is 36.0 Å². The van der Waals surface area contributed by atoms with Crippen LogP contribution in [0.2, 0.25) is 0 Å². The lowest BCUT2D eigenvalue weighted by molar-refractivity contribution is -0.405. The Morgan fingerprint density at radius 1 is 1.22 bits per heavy atom. The third-order valence-electron chi connectivity index (χ3n) is 5.60. The summed E-state index contributed by atoms with van der Waals surface area (Å²) in [6.45, 7) is 4.11. The number of amides is 2. The third-order valence-corrected chi connectivity index (χ3v) is 5.60. The van der Waals surface area contributed by atoms with Crippen molar-refractivity contribution >= 4 is 24.9 Å². The summed E-state index contributed by atoms with van der Waals surface area (Å²) >= 11 is 0. The highest BCUT2D eigenvalue weighted by Crippen LogP contribution is 2.31. The molecule has 11 nitrogen and oxygen atoms in total. The van der Waals surface area contributed by atoms with Gasteiger partial charge in [-0.2, -0.15) is 0 Å². The van der Waals surface area contributed by atoms with Crippen LogP contribution >= 0.6 is 0 Å². The Labute approximate surface area is 211 Å². The molecular formula is C25H37N3O8. The first kappa shape index (κ1) is 30.9. The van der Waals surface area contributed by atoms with Gasteiger partial charge in [-0.25, -0.2) is 0 Å². The highest BCUT2D eigenvalue weighted by molar-refractivity contribution is 6.01. The number of nitrogens with one attached hydrogen (secondary N) is 2. The predicted molar refractivity (Wildman–Crippen MR) is 132 cm³/mol. The number of hydrogen-bond acceptors (Lipinski definition) is 9. The average Bonchev–Trinajstić information content (AvgIpc) is 2.89. The van der Waals surface area contributed by atoms with Crippen LogP contribution in [0.4, 0.5) is 0 Å². The van der Waals surface area contributed by atoms with Crippen LogP contribution in [0, 0.1) is 0 Å². The van der Waals surface area contributed by atoms with Gasteiger partial charge in [0.1, 0.15) is 12.9 Å². The SMILES string of the molecule is C=O.CN/C=C(/C)C(=O)NC1(O)OC(CO)C1OCCCCCCN(C)C(=O)c1ccccc1C=O. The van der Waals surface area contributed by atoms with Crippen LogP contribution in [-0.2, 0) is 19.1 Å². The van der Waals surface area contributed by atoms with Crippen molar-refractivity contribution in [3.8, 4) is 0 Å². The molecule has 2 rings (SSSR count). The second-order valence-electron chi connectivity index (χ2n) is 8.24. The summed E-state index contributed by atoms with van der Waals surface area (Å²) in [4.78, 5) is 45.4. The van der Waals surface area contributed by atoms with E-state index in [1.165, 1.54) is 6.20 Å². The highest BCUT2D eigenvalue weighted by Gasteiger charge is 2.57. The Bertz CT molecular complexity index is 894. The van der Waals surface area contributed by atoms with Crippen molar-refractivity contribution in [1.29, 1.82) is 0 Å². The molecule has 1 heterocycles. The minimum absolute atomic E-state index is 0.188. The van der Waals surface area contributed by atoms with E-state index in [0.29, 0.717) is 42.6 Å². The molecule has 1 aliphatic heterocycles. The lowest BCUT2D eigenvalue weighted by Crippen LogP contribution is -2.74. The minimum atomic E-state index is -1.99. The molecule has 200 valence electrons. The quantitative estimate of drug-likeness (QED) is 0.123. The fourth-order valence-electron chi connectivity index (χ4n) is 3.65. The van der Waals surface area contributed by atoms with Gasteiger partial charge < -0.3 is 34.7 Å². The zero-order chi connectivity index (χ0) is 27.1. The summed E-state index contributed by atoms with van der Waals surface area (Å²) in [7, 11) is 3.36. The minimum Gasteiger partial charge on any atom is -0.394 e. The number of carbonyl (C=O) groups excluding carboxylic acids is 4. The Kier molecular flexibility index (Phi) is 13.6. The second kappa shape index (κ2) is 15.8. The maximum atomic E-state index is 12.5. The van der Waals surface area contributed by atoms with Crippen LogP contribution in [0.5, 0.6) is 0 Å². The molecule has 0 aromatic heterocycles. The van der Waals surface area contributed by atoms with Crippen molar-refractivity contribution in [1.82, 2.24) is 15.5 Å². The molecule has 1 fully saturated rings. The fraction of sp³-hybridized carbons (Fsp3) is 0.520. The Hall–Kier alpha value is -3.12. The topological polar surface area (TPSA) is 154 Å². The van der Waals surface area contributed by atoms with Gasteiger partial charge >= 0.3 is 0 Å². The number of nitrogens with zero attached hydrogens (tertiary/aromatic N) is 1. The summed E-state index contributed by atoms with van der Waals surface area (Å²) in [5.41, 5.74) is 1.12. The van der Waals surface area contributed by atoms with Crippen molar-refractivity contribution in [2.75, 3.05) is 33.9 Å². The van der Waals surface area contributed by atoms with Gasteiger partial charge in [0.05, 0.1) is 12.2 Å². The van der Waals surface area contributed by atoms with Gasteiger partial charge in [0.15, 0.2) is 12.4 Å². The molecule has 3 atom stereocenters. The van der Waals surface area contributed by atoms with Gasteiger partial charge in [-0.15, -0.1) is 0 Å². The van der Waals surface area contributed by atoms with E-state index < -0.39 is 24.0 Å². The smallest absolute Gasteiger partial charge is 0.280 e. The first-order chi connectivity index (χ1) is 17.3. The number of benzene rings is 1. The van der Waals surface area contributed by atoms with Crippen LogP contribution in [0.25, 0.3) is 0 Å². The maximum Gasteiger partial charge on any atom is 0.280 e. The molecule has 1 saturated heterocycles. The summed E-state index contributed by atoms with van der Waals surface area (Å²) in [5.74, 6) is -2.70. The standard InChI is InChI=1S/C24H35N3O7.CH2O/c1-17(14-25-2)22(30)26-24(32)21(20(16-29)34-24)33-13-9-5-4-8-12-27(3)23(31)19-11-7-6-10-18(19)15-28;1-2/h6-7,10-11,14-15,20-21,25,29,32H,4-5,8-9,12-13,16H2,1-3H3,(H,26,30);1H2/b17-14-;. The number of hydrogen-bond donors (Lipinski definition) is 4. The van der Waals surface area contributed by atoms with E-state index in [4.69, 9.17) is 14.3 Å². The molecule has 0 spiro atoms. The molecular weight excluding hydrogens is 470 g/mol. The van der Waals surface area contributed by atoms with E-state index >= 15 is 0 Å². The monoisotopic (exact) mass is 507 g/mol. The van der Waals surface area contributed by atoms with Gasteiger partial charge in [-0.05, 0) is 25.8 Å². The van der Waals surface area contributed by atoms with Gasteiger partial charge in [-0.3, -0.25) is 19.7 Å². The molecule has 2 amide bonds. The highest BCUT2D eigenvalue weighted by atomic mass is 16.7. The molecule has 1 aromatic rings. The van der Waals surface area contributed by atoms with E-state index in [1.54, 1.807) is 50.2 Å². The Morgan fingerprint density at radius 3 is 2.53 bits per heavy atom. The molecule has 0 bridgehead atoms. The molecule has 1 aliphatic rings. The molecule has 36 heavy (non-hydrogen) atoms. The van der Waals surface area contributed by atoms with E-state index in [-0.39, 0.29) is 12.5 Å². The van der Waals surface area contributed by atoms with Crippen molar-refractivity contribution < 1.29 is 38.9 Å². The van der Waals surface area contributed by atoms with E-state index in [1.807, 2.05) is 6.79 Å². The van der Waals surface area contributed by atoms with Crippen LogP contribution in [-0.4, -0.2) is 92.0 Å². The zero-order valence-electron chi connectivity index (χ0n) is 21.1. The summed E-state index contributed by atoms with van der Waals surface area (Å²) in [6.07, 6.45) is 3.73.